The number of benzene rings is 1. The van der Waals surface area contributed by atoms with Crippen molar-refractivity contribution in [2.45, 2.75) is 37.9 Å². The number of hydrogen-bond acceptors (Lipinski definition) is 4. The van der Waals surface area contributed by atoms with E-state index in [0.29, 0.717) is 13.2 Å². The first-order valence-electron chi connectivity index (χ1n) is 7.85. The summed E-state index contributed by atoms with van der Waals surface area (Å²) in [4.78, 5) is 11.8. The van der Waals surface area contributed by atoms with Crippen molar-refractivity contribution < 1.29 is 19.4 Å². The second-order valence-corrected chi connectivity index (χ2v) is 6.58. The van der Waals surface area contributed by atoms with Gasteiger partial charge in [0.2, 0.25) is 0 Å². The van der Waals surface area contributed by atoms with E-state index >= 15 is 0 Å². The van der Waals surface area contributed by atoms with Crippen LogP contribution in [0.25, 0.3) is 0 Å². The van der Waals surface area contributed by atoms with Crippen LogP contribution in [0.1, 0.15) is 31.2 Å². The average molecular weight is 305 g/mol. The minimum atomic E-state index is -0.422. The predicted molar refractivity (Wildman–Crippen MR) is 81.3 cm³/mol. The first-order chi connectivity index (χ1) is 10.7. The van der Waals surface area contributed by atoms with Gasteiger partial charge in [-0.05, 0) is 31.2 Å². The van der Waals surface area contributed by atoms with Gasteiger partial charge >= 0.3 is 6.09 Å². The summed E-state index contributed by atoms with van der Waals surface area (Å²) < 4.78 is 11.2. The minimum Gasteiger partial charge on any atom is -0.445 e. The zero-order valence-electron chi connectivity index (χ0n) is 12.7. The second kappa shape index (κ2) is 6.26. The molecule has 0 spiro atoms. The molecule has 1 aliphatic heterocycles. The highest BCUT2D eigenvalue weighted by molar-refractivity contribution is 5.67. The summed E-state index contributed by atoms with van der Waals surface area (Å²) in [7, 11) is 0. The topological polar surface area (TPSA) is 67.8 Å². The molecule has 1 aliphatic carbocycles. The smallest absolute Gasteiger partial charge is 0.407 e. The van der Waals surface area contributed by atoms with Crippen molar-refractivity contribution in [3.05, 3.63) is 35.9 Å². The van der Waals surface area contributed by atoms with Gasteiger partial charge in [0.05, 0.1) is 18.8 Å². The number of ether oxygens (including phenoxy) is 2. The molecule has 5 nitrogen and oxygen atoms in total. The fourth-order valence-corrected chi connectivity index (χ4v) is 3.59. The summed E-state index contributed by atoms with van der Waals surface area (Å²) in [6.45, 7) is 1.46. The lowest BCUT2D eigenvalue weighted by molar-refractivity contribution is -0.00135. The van der Waals surface area contributed by atoms with E-state index in [1.807, 2.05) is 30.3 Å². The van der Waals surface area contributed by atoms with Crippen molar-refractivity contribution in [2.75, 3.05) is 19.8 Å². The Morgan fingerprint density at radius 2 is 2.14 bits per heavy atom. The second-order valence-electron chi connectivity index (χ2n) is 6.58. The molecule has 1 amide bonds. The quantitative estimate of drug-likeness (QED) is 0.875. The van der Waals surface area contributed by atoms with Gasteiger partial charge in [-0.2, -0.15) is 0 Å². The van der Waals surface area contributed by atoms with Gasteiger partial charge in [0, 0.05) is 12.0 Å². The van der Waals surface area contributed by atoms with Gasteiger partial charge in [-0.15, -0.1) is 0 Å². The number of carbonyl (C=O) groups is 1. The Balaban J connectivity index is 1.47. The number of hydrogen-bond donors (Lipinski definition) is 2. The number of carbonyl (C=O) groups excluding carboxylic acids is 1. The van der Waals surface area contributed by atoms with Crippen molar-refractivity contribution in [3.63, 3.8) is 0 Å². The Morgan fingerprint density at radius 1 is 1.32 bits per heavy atom. The van der Waals surface area contributed by atoms with Crippen LogP contribution in [-0.4, -0.2) is 36.6 Å². The lowest BCUT2D eigenvalue weighted by atomic mass is 9.71. The lowest BCUT2D eigenvalue weighted by Gasteiger charge is -2.36. The normalized spacial score (nSPS) is 30.0. The maximum Gasteiger partial charge on any atom is 0.407 e. The minimum absolute atomic E-state index is 0.103. The number of aliphatic hydroxyl groups excluding tert-OH is 1. The molecule has 2 bridgehead atoms. The molecule has 0 aromatic heterocycles. The summed E-state index contributed by atoms with van der Waals surface area (Å²) in [5, 5.41) is 12.4. The van der Waals surface area contributed by atoms with E-state index in [0.717, 1.165) is 31.2 Å². The van der Waals surface area contributed by atoms with E-state index in [2.05, 4.69) is 5.32 Å². The largest absolute Gasteiger partial charge is 0.445 e. The fraction of sp³-hybridized carbons (Fsp3) is 0.588. The molecule has 2 atom stereocenters. The van der Waals surface area contributed by atoms with Crippen molar-refractivity contribution in [1.82, 2.24) is 5.32 Å². The van der Waals surface area contributed by atoms with Crippen LogP contribution in [0.3, 0.4) is 0 Å². The van der Waals surface area contributed by atoms with Gasteiger partial charge in [-0.1, -0.05) is 30.3 Å². The predicted octanol–water partition coefficient (Wildman–Crippen LogP) is 2.23. The molecule has 120 valence electrons. The maximum atomic E-state index is 11.8. The maximum absolute atomic E-state index is 11.8. The van der Waals surface area contributed by atoms with E-state index < -0.39 is 6.09 Å². The van der Waals surface area contributed by atoms with E-state index in [-0.39, 0.29) is 24.2 Å². The highest BCUT2D eigenvalue weighted by atomic mass is 16.5. The van der Waals surface area contributed by atoms with Crippen LogP contribution in [0.5, 0.6) is 0 Å². The summed E-state index contributed by atoms with van der Waals surface area (Å²) in [6, 6.07) is 9.60. The molecule has 2 unspecified atom stereocenters. The Bertz CT molecular complexity index is 521. The average Bonchev–Trinajstić information content (AvgIpc) is 2.84. The summed E-state index contributed by atoms with van der Waals surface area (Å²) in [5.74, 6) is 0. The van der Waals surface area contributed by atoms with Crippen LogP contribution in [0.2, 0.25) is 0 Å². The van der Waals surface area contributed by atoms with Crippen LogP contribution in [0.15, 0.2) is 30.3 Å². The first-order valence-corrected chi connectivity index (χ1v) is 7.85. The zero-order chi connectivity index (χ0) is 15.5. The van der Waals surface area contributed by atoms with Crippen LogP contribution < -0.4 is 5.32 Å². The summed E-state index contributed by atoms with van der Waals surface area (Å²) in [5.41, 5.74) is 0.533. The molecule has 1 heterocycles. The number of amides is 1. The van der Waals surface area contributed by atoms with E-state index in [9.17, 15) is 9.90 Å². The van der Waals surface area contributed by atoms with E-state index in [1.54, 1.807) is 0 Å². The number of nitrogens with one attached hydrogen (secondary N) is 1. The van der Waals surface area contributed by atoms with Crippen LogP contribution in [-0.2, 0) is 16.1 Å². The first kappa shape index (κ1) is 15.3. The van der Waals surface area contributed by atoms with Gasteiger partial charge < -0.3 is 19.9 Å². The van der Waals surface area contributed by atoms with Crippen molar-refractivity contribution in [3.8, 4) is 0 Å². The van der Waals surface area contributed by atoms with E-state index in [1.165, 1.54) is 0 Å². The third-order valence-corrected chi connectivity index (χ3v) is 4.82. The van der Waals surface area contributed by atoms with Gasteiger partial charge in [-0.25, -0.2) is 4.79 Å². The molecule has 2 aliphatic rings. The molecular weight excluding hydrogens is 282 g/mol. The fourth-order valence-electron chi connectivity index (χ4n) is 3.59. The van der Waals surface area contributed by atoms with Crippen LogP contribution >= 0.6 is 0 Å². The molecule has 0 radical (unpaired) electrons. The van der Waals surface area contributed by atoms with E-state index in [4.69, 9.17) is 9.47 Å². The number of fused-ring (bicyclic) bond motifs is 2. The van der Waals surface area contributed by atoms with Crippen LogP contribution in [0.4, 0.5) is 4.79 Å². The molecule has 1 saturated heterocycles. The number of rotatable bonds is 5. The summed E-state index contributed by atoms with van der Waals surface area (Å²) in [6.07, 6.45) is 3.35. The van der Waals surface area contributed by atoms with Crippen LogP contribution in [0, 0.1) is 5.41 Å². The molecule has 1 aromatic carbocycles. The molecule has 3 rings (SSSR count). The highest BCUT2D eigenvalue weighted by Gasteiger charge is 2.52. The lowest BCUT2D eigenvalue weighted by Crippen LogP contribution is -2.45. The molecule has 1 aromatic rings. The monoisotopic (exact) mass is 305 g/mol. The zero-order valence-corrected chi connectivity index (χ0v) is 12.7. The molecule has 2 N–H and O–H groups in total. The van der Waals surface area contributed by atoms with Crippen molar-refractivity contribution >= 4 is 6.09 Å². The third-order valence-electron chi connectivity index (χ3n) is 4.82. The Hall–Kier alpha value is -1.59. The summed E-state index contributed by atoms with van der Waals surface area (Å²) >= 11 is 0. The van der Waals surface area contributed by atoms with Crippen molar-refractivity contribution in [2.24, 2.45) is 5.41 Å². The SMILES string of the molecule is O=C(NCC12CCCC(CO)(CO1)C2)OCc1ccccc1. The Kier molecular flexibility index (Phi) is 4.36. The molecule has 2 fully saturated rings. The Labute approximate surface area is 130 Å². The standard InChI is InChI=1S/C17H23NO4/c19-12-16-7-4-8-17(10-16,22-13-16)11-18-15(20)21-9-14-5-2-1-3-6-14/h1-3,5-6,19H,4,7-13H2,(H,18,20). The van der Waals surface area contributed by atoms with Gasteiger partial charge in [-0.3, -0.25) is 0 Å². The van der Waals surface area contributed by atoms with Crippen molar-refractivity contribution in [1.29, 1.82) is 0 Å². The number of aliphatic hydroxyl groups is 1. The van der Waals surface area contributed by atoms with Gasteiger partial charge in [0.1, 0.15) is 6.61 Å². The Morgan fingerprint density at radius 3 is 2.91 bits per heavy atom. The van der Waals surface area contributed by atoms with Gasteiger partial charge in [0.15, 0.2) is 0 Å². The molecule has 1 saturated carbocycles. The number of alkyl carbamates (subject to hydrolysis) is 1. The highest BCUT2D eigenvalue weighted by Crippen LogP contribution is 2.49. The molecular formula is C17H23NO4. The van der Waals surface area contributed by atoms with Gasteiger partial charge in [0.25, 0.3) is 0 Å². The third kappa shape index (κ3) is 3.25. The molecule has 22 heavy (non-hydrogen) atoms. The molecule has 5 heteroatoms.